The molecule has 0 saturated carbocycles. The van der Waals surface area contributed by atoms with Crippen molar-refractivity contribution in [1.82, 2.24) is 9.97 Å². The number of aromatic nitrogens is 2. The third-order valence-electron chi connectivity index (χ3n) is 3.26. The summed E-state index contributed by atoms with van der Waals surface area (Å²) in [7, 11) is 0. The third-order valence-corrected chi connectivity index (χ3v) is 3.83. The molecule has 3 aromatic rings. The molecular weight excluding hydrogens is 385 g/mol. The summed E-state index contributed by atoms with van der Waals surface area (Å²) in [4.78, 5) is 20.2. The fraction of sp³-hybridized carbons (Fsp3) is 0. The summed E-state index contributed by atoms with van der Waals surface area (Å²) >= 11 is 12.0. The number of carbonyl (C=O) groups is 1. The molecule has 0 fully saturated rings. The highest BCUT2D eigenvalue weighted by Gasteiger charge is 2.15. The van der Waals surface area contributed by atoms with Crippen LogP contribution < -0.4 is 10.6 Å². The van der Waals surface area contributed by atoms with E-state index in [-0.39, 0.29) is 11.6 Å². The molecule has 0 radical (unpaired) electrons. The number of rotatable bonds is 4. The normalized spacial score (nSPS) is 10.5. The van der Waals surface area contributed by atoms with E-state index in [2.05, 4.69) is 20.6 Å². The van der Waals surface area contributed by atoms with Crippen molar-refractivity contribution in [3.63, 3.8) is 0 Å². The Hall–Kier alpha value is -2.77. The van der Waals surface area contributed by atoms with E-state index in [9.17, 15) is 13.6 Å². The van der Waals surface area contributed by atoms with Gasteiger partial charge in [0.1, 0.15) is 23.0 Å². The van der Waals surface area contributed by atoms with Crippen LogP contribution in [0.15, 0.2) is 48.7 Å². The maximum Gasteiger partial charge on any atom is 0.274 e. The van der Waals surface area contributed by atoms with E-state index in [1.165, 1.54) is 18.3 Å². The van der Waals surface area contributed by atoms with Crippen molar-refractivity contribution in [2.75, 3.05) is 10.6 Å². The van der Waals surface area contributed by atoms with Crippen molar-refractivity contribution in [2.24, 2.45) is 0 Å². The molecule has 0 spiro atoms. The molecule has 2 N–H and O–H groups in total. The summed E-state index contributed by atoms with van der Waals surface area (Å²) in [5.41, 5.74) is -0.205. The number of halogens is 4. The number of nitrogens with one attached hydrogen (secondary N) is 2. The van der Waals surface area contributed by atoms with Crippen molar-refractivity contribution in [2.45, 2.75) is 0 Å². The standard InChI is InChI=1S/C17H10Cl2F2N4O/c18-9-4-5-10(19)14(8-9)24-17-22-7-6-13(23-17)16(26)25-15-11(20)2-1-3-12(15)21/h1-8H,(H,25,26)(H,22,23,24). The molecule has 1 aromatic heterocycles. The minimum absolute atomic E-state index is 0.0656. The molecular formula is C17H10Cl2F2N4O. The van der Waals surface area contributed by atoms with Crippen LogP contribution in [0.1, 0.15) is 10.5 Å². The third kappa shape index (κ3) is 4.07. The molecule has 26 heavy (non-hydrogen) atoms. The van der Waals surface area contributed by atoms with Gasteiger partial charge >= 0.3 is 0 Å². The number of amides is 1. The lowest BCUT2D eigenvalue weighted by molar-refractivity contribution is 0.102. The minimum Gasteiger partial charge on any atom is -0.323 e. The van der Waals surface area contributed by atoms with E-state index >= 15 is 0 Å². The van der Waals surface area contributed by atoms with Crippen molar-refractivity contribution < 1.29 is 13.6 Å². The van der Waals surface area contributed by atoms with E-state index in [4.69, 9.17) is 23.2 Å². The zero-order valence-corrected chi connectivity index (χ0v) is 14.4. The largest absolute Gasteiger partial charge is 0.323 e. The number of hydrogen-bond acceptors (Lipinski definition) is 4. The number of benzene rings is 2. The zero-order chi connectivity index (χ0) is 18.7. The highest BCUT2D eigenvalue weighted by molar-refractivity contribution is 6.35. The van der Waals surface area contributed by atoms with Crippen LogP contribution >= 0.6 is 23.2 Å². The first-order chi connectivity index (χ1) is 12.4. The molecule has 1 amide bonds. The van der Waals surface area contributed by atoms with E-state index in [0.717, 1.165) is 12.1 Å². The summed E-state index contributed by atoms with van der Waals surface area (Å²) in [6, 6.07) is 9.33. The van der Waals surface area contributed by atoms with Gasteiger partial charge in [0.25, 0.3) is 5.91 Å². The van der Waals surface area contributed by atoms with Gasteiger partial charge in [-0.15, -0.1) is 0 Å². The van der Waals surface area contributed by atoms with Crippen LogP contribution in [0.4, 0.5) is 26.1 Å². The minimum atomic E-state index is -0.892. The molecule has 0 atom stereocenters. The Balaban J connectivity index is 1.83. The molecule has 0 aliphatic heterocycles. The van der Waals surface area contributed by atoms with Gasteiger partial charge < -0.3 is 10.6 Å². The van der Waals surface area contributed by atoms with Gasteiger partial charge in [-0.3, -0.25) is 4.79 Å². The molecule has 0 unspecified atom stereocenters. The van der Waals surface area contributed by atoms with Gasteiger partial charge in [0.05, 0.1) is 10.7 Å². The lowest BCUT2D eigenvalue weighted by Gasteiger charge is -2.09. The van der Waals surface area contributed by atoms with Gasteiger partial charge in [-0.1, -0.05) is 29.3 Å². The number of hydrogen-bond donors (Lipinski definition) is 2. The van der Waals surface area contributed by atoms with Gasteiger partial charge in [-0.05, 0) is 36.4 Å². The van der Waals surface area contributed by atoms with Gasteiger partial charge in [-0.25, -0.2) is 18.7 Å². The predicted molar refractivity (Wildman–Crippen MR) is 96.1 cm³/mol. The molecule has 1 heterocycles. The molecule has 0 bridgehead atoms. The molecule has 9 heteroatoms. The topological polar surface area (TPSA) is 66.9 Å². The van der Waals surface area contributed by atoms with E-state index in [1.54, 1.807) is 18.2 Å². The van der Waals surface area contributed by atoms with Crippen LogP contribution in [0.5, 0.6) is 0 Å². The molecule has 5 nitrogen and oxygen atoms in total. The lowest BCUT2D eigenvalue weighted by Crippen LogP contribution is -2.16. The number of para-hydroxylation sites is 1. The zero-order valence-electron chi connectivity index (χ0n) is 12.9. The monoisotopic (exact) mass is 394 g/mol. The average Bonchev–Trinajstić information content (AvgIpc) is 2.61. The van der Waals surface area contributed by atoms with E-state index in [1.807, 2.05) is 0 Å². The Morgan fingerprint density at radius 2 is 1.77 bits per heavy atom. The highest BCUT2D eigenvalue weighted by Crippen LogP contribution is 2.27. The first-order valence-electron chi connectivity index (χ1n) is 7.24. The Bertz CT molecular complexity index is 964. The van der Waals surface area contributed by atoms with Crippen molar-refractivity contribution in [3.8, 4) is 0 Å². The Labute approximate surface area is 157 Å². The molecule has 0 aliphatic carbocycles. The Kier molecular flexibility index (Phi) is 5.29. The van der Waals surface area contributed by atoms with Gasteiger partial charge in [0.15, 0.2) is 0 Å². The Morgan fingerprint density at radius 3 is 2.50 bits per heavy atom. The molecule has 0 saturated heterocycles. The average molecular weight is 395 g/mol. The first kappa shape index (κ1) is 18.0. The fourth-order valence-corrected chi connectivity index (χ4v) is 2.39. The van der Waals surface area contributed by atoms with Crippen molar-refractivity contribution in [3.05, 3.63) is 76.0 Å². The number of carbonyl (C=O) groups excluding carboxylic acids is 1. The van der Waals surface area contributed by atoms with Crippen LogP contribution in [0, 0.1) is 11.6 Å². The number of anilines is 3. The maximum absolute atomic E-state index is 13.6. The number of nitrogens with zero attached hydrogens (tertiary/aromatic N) is 2. The highest BCUT2D eigenvalue weighted by atomic mass is 35.5. The Morgan fingerprint density at radius 1 is 1.04 bits per heavy atom. The molecule has 132 valence electrons. The summed E-state index contributed by atoms with van der Waals surface area (Å²) in [5.74, 6) is -2.51. The van der Waals surface area contributed by atoms with E-state index in [0.29, 0.717) is 15.7 Å². The van der Waals surface area contributed by atoms with Crippen LogP contribution in [-0.2, 0) is 0 Å². The van der Waals surface area contributed by atoms with Crippen LogP contribution in [-0.4, -0.2) is 15.9 Å². The van der Waals surface area contributed by atoms with Gasteiger partial charge in [0, 0.05) is 11.2 Å². The summed E-state index contributed by atoms with van der Waals surface area (Å²) < 4.78 is 27.3. The second-order valence-corrected chi connectivity index (χ2v) is 5.91. The fourth-order valence-electron chi connectivity index (χ4n) is 2.05. The summed E-state index contributed by atoms with van der Waals surface area (Å²) in [5, 5.41) is 5.80. The lowest BCUT2D eigenvalue weighted by atomic mass is 10.2. The second-order valence-electron chi connectivity index (χ2n) is 5.07. The van der Waals surface area contributed by atoms with Gasteiger partial charge in [0.2, 0.25) is 5.95 Å². The summed E-state index contributed by atoms with van der Waals surface area (Å²) in [6.07, 6.45) is 1.32. The summed E-state index contributed by atoms with van der Waals surface area (Å²) in [6.45, 7) is 0. The molecule has 3 rings (SSSR count). The molecule has 2 aromatic carbocycles. The van der Waals surface area contributed by atoms with Crippen LogP contribution in [0.3, 0.4) is 0 Å². The van der Waals surface area contributed by atoms with Crippen molar-refractivity contribution >= 4 is 46.4 Å². The van der Waals surface area contributed by atoms with Crippen LogP contribution in [0.25, 0.3) is 0 Å². The van der Waals surface area contributed by atoms with E-state index < -0.39 is 23.2 Å². The van der Waals surface area contributed by atoms with Crippen molar-refractivity contribution in [1.29, 1.82) is 0 Å². The first-order valence-corrected chi connectivity index (χ1v) is 8.00. The van der Waals surface area contributed by atoms with Crippen LogP contribution in [0.2, 0.25) is 10.0 Å². The van der Waals surface area contributed by atoms with Gasteiger partial charge in [-0.2, -0.15) is 0 Å². The maximum atomic E-state index is 13.6. The quantitative estimate of drug-likeness (QED) is 0.648. The predicted octanol–water partition coefficient (Wildman–Crippen LogP) is 5.06. The second kappa shape index (κ2) is 7.63. The molecule has 0 aliphatic rings. The SMILES string of the molecule is O=C(Nc1c(F)cccc1F)c1ccnc(Nc2cc(Cl)ccc2Cl)n1. The smallest absolute Gasteiger partial charge is 0.274 e.